The molecule has 3 aromatic carbocycles. The van der Waals surface area contributed by atoms with Gasteiger partial charge < -0.3 is 76.4 Å². The van der Waals surface area contributed by atoms with Crippen LogP contribution in [0.2, 0.25) is 0 Å². The van der Waals surface area contributed by atoms with E-state index in [0.717, 1.165) is 0 Å². The number of carbonyl (C=O) groups is 11. The number of amides is 4. The summed E-state index contributed by atoms with van der Waals surface area (Å²) >= 11 is 0. The molecule has 41 nitrogen and oxygen atoms in total. The molecule has 4 saturated carbocycles. The van der Waals surface area contributed by atoms with Gasteiger partial charge in [0.25, 0.3) is 40.5 Å². The van der Waals surface area contributed by atoms with E-state index in [-0.39, 0.29) is 124 Å². The van der Waals surface area contributed by atoms with Crippen LogP contribution in [-0.4, -0.2) is 241 Å². The van der Waals surface area contributed by atoms with Crippen molar-refractivity contribution in [3.05, 3.63) is 119 Å². The minimum absolute atomic E-state index is 0.00202. The number of carboxylic acids is 7. The van der Waals surface area contributed by atoms with Crippen molar-refractivity contribution in [1.82, 2.24) is 21.3 Å². The summed E-state index contributed by atoms with van der Waals surface area (Å²) in [4.78, 5) is 162. The maximum Gasteiger partial charge on any atom is 0.326 e. The first-order valence-electron chi connectivity index (χ1n) is 45.6. The van der Waals surface area contributed by atoms with Gasteiger partial charge in [-0.2, -0.15) is 38.2 Å². The Morgan fingerprint density at radius 2 is 0.971 bits per heavy atom. The quantitative estimate of drug-likeness (QED) is 0.0108. The number of ether oxygens (including phenoxy) is 1. The number of fused-ring (bicyclic) bond motifs is 2. The van der Waals surface area contributed by atoms with E-state index in [1.165, 1.54) is 48.5 Å². The zero-order valence-electron chi connectivity index (χ0n) is 77.2. The van der Waals surface area contributed by atoms with Gasteiger partial charge in [-0.3, -0.25) is 70.5 Å². The maximum atomic E-state index is 14.5. The van der Waals surface area contributed by atoms with E-state index in [4.69, 9.17) is 14.9 Å². The summed E-state index contributed by atoms with van der Waals surface area (Å²) in [5, 5.41) is 79.2. The van der Waals surface area contributed by atoms with Crippen molar-refractivity contribution in [3.8, 4) is 5.75 Å². The molecule has 4 fully saturated rings. The van der Waals surface area contributed by atoms with Crippen LogP contribution in [0.3, 0.4) is 0 Å². The van der Waals surface area contributed by atoms with Gasteiger partial charge in [-0.1, -0.05) is 26.3 Å². The summed E-state index contributed by atoms with van der Waals surface area (Å²) in [6.07, 6.45) is 5.56. The Labute approximate surface area is 800 Å². The van der Waals surface area contributed by atoms with Crippen LogP contribution in [0.15, 0.2) is 122 Å². The number of carboxylic acid groups (broad SMARTS) is 7. The smallest absolute Gasteiger partial charge is 0.326 e. The SMILES string of the molecule is CC1(C)C(/C=C/C2=C(Oc3ccc(S(=O)(=O)O)cc3)C(=C/C=C3/N(CCCCS(=O)(=O)O)c4ccc(S(=O)(=O)O)cc4C3(C)C)/CCC2)=[N+](CCCCCC(=O)NCCCCCC(=O)NC23CC4(CCC(=O)O)C[C@@](CCC(=O)N[C@@H](CCP(=O)(O)CC(CCC(=O)O)C(=O)O)C(=O)O)(C2)C[C@](CCC(=O)N[C@@H](CCP(=O)(O)CC(CCC(=O)O)C(=O)O)C(=O)O)(C4)C3)c2ccc(S(=O)(=O)O)cc21. The van der Waals surface area contributed by atoms with Crippen molar-refractivity contribution in [2.24, 2.45) is 28.1 Å². The number of carbonyl (C=O) groups excluding carboxylic acids is 4. The van der Waals surface area contributed by atoms with Crippen LogP contribution in [0.25, 0.3) is 0 Å². The fourth-order valence-electron chi connectivity index (χ4n) is 21.3. The average Bonchev–Trinajstić information content (AvgIpc) is 0.850. The number of unbranched alkanes of at least 4 members (excludes halogenated alkanes) is 5. The van der Waals surface area contributed by atoms with Crippen LogP contribution in [0.5, 0.6) is 5.75 Å². The molecule has 7 aliphatic rings. The van der Waals surface area contributed by atoms with E-state index in [0.29, 0.717) is 128 Å². The normalized spacial score (nSPS) is 22.3. The average molecular weight is 2050 g/mol. The molecule has 138 heavy (non-hydrogen) atoms. The Bertz CT molecular complexity index is 5810. The third-order valence-corrected chi connectivity index (χ3v) is 34.4. The van der Waals surface area contributed by atoms with E-state index in [1.807, 2.05) is 61.5 Å². The molecule has 6 unspecified atom stereocenters. The zero-order valence-corrected chi connectivity index (χ0v) is 82.2. The number of allylic oxidation sites excluding steroid dienone is 7. The van der Waals surface area contributed by atoms with Gasteiger partial charge in [0.05, 0.1) is 37.7 Å². The minimum atomic E-state index is -4.69. The monoisotopic (exact) mass is 2050 g/mol. The lowest BCUT2D eigenvalue weighted by molar-refractivity contribution is -0.438. The molecule has 0 saturated heterocycles. The summed E-state index contributed by atoms with van der Waals surface area (Å²) in [6, 6.07) is 9.97. The van der Waals surface area contributed by atoms with Gasteiger partial charge in [-0.15, -0.1) is 0 Å². The number of benzene rings is 3. The Morgan fingerprint density at radius 3 is 1.46 bits per heavy atom. The second-order valence-corrected chi connectivity index (χ2v) is 49.6. The van der Waals surface area contributed by atoms with Crippen LogP contribution < -0.4 is 30.9 Å². The molecule has 17 N–H and O–H groups in total. The number of hydrogen-bond donors (Lipinski definition) is 17. The predicted molar refractivity (Wildman–Crippen MR) is 499 cm³/mol. The van der Waals surface area contributed by atoms with Crippen molar-refractivity contribution in [2.75, 3.05) is 54.9 Å². The number of anilines is 1. The standard InChI is InChI=1S/C91H124N6O35P2S4/c1-86(2)66-48-64(137(126,127)128)26-28-70(66)96(72(86)30-18-58-14-13-15-59(81(58)132-62-22-24-63(25-23-62)136(123,124)125)19-31-73-87(3,4)67-49-65(138(129,130)131)27-29-71(67)97(73)44-11-12-47-135(120,121)122)43-10-6-8-16-74(98)92-42-9-5-7-17-77(101)95-91-55-88(39-34-75(99)93-68(84(112)113)37-45-133(116,117)50-60(82(108)109)20-32-78(102)103)52-89(56-91,54-90(53-88,57-91)41-36-80(106)107)40-35-76(100)94-69(85(114)115)38-46-134(118,119)51-61(83(110)111)21-33-79(104)105/h18-19,22-31,48-49,60-61,68-69H,5-17,20-21,32-47,50-57H2,1-4H3,(H16-,92,93,94,95,98,99,100,101,102,103,104,105,106,107,108,109,110,111,112,113,114,115,116,117,118,119,120,121,122,123,124,125,126,127,128,129,130,131)/p+1/t60?,61?,68-,69-,88-,89+,90?,91?/m0/s1. The van der Waals surface area contributed by atoms with Crippen molar-refractivity contribution >= 4 is 138 Å². The number of nitrogens with zero attached hydrogens (tertiary/aromatic N) is 2. The van der Waals surface area contributed by atoms with E-state index in [1.54, 1.807) is 12.1 Å². The molecule has 5 aliphatic carbocycles. The Kier molecular flexibility index (Phi) is 37.0. The van der Waals surface area contributed by atoms with Gasteiger partial charge in [0.2, 0.25) is 44.1 Å². The van der Waals surface area contributed by atoms with Crippen LogP contribution in [-0.2, 0) is 113 Å². The van der Waals surface area contributed by atoms with Gasteiger partial charge >= 0.3 is 41.8 Å². The third kappa shape index (κ3) is 31.0. The third-order valence-electron chi connectivity index (χ3n) is 27.1. The first kappa shape index (κ1) is 112. The molecule has 10 atom stereocenters. The molecular weight excluding hydrogens is 1930 g/mol. The molecule has 10 rings (SSSR count). The Morgan fingerprint density at radius 1 is 0.493 bits per heavy atom. The molecule has 4 amide bonds. The molecule has 762 valence electrons. The van der Waals surface area contributed by atoms with E-state index < -0.39 is 245 Å². The molecule has 0 spiro atoms. The molecule has 3 aromatic rings. The summed E-state index contributed by atoms with van der Waals surface area (Å²) < 4.78 is 173. The van der Waals surface area contributed by atoms with E-state index in [9.17, 15) is 149 Å². The lowest BCUT2D eigenvalue weighted by Gasteiger charge is -2.71. The van der Waals surface area contributed by atoms with Gasteiger partial charge in [0, 0.05) is 129 Å². The van der Waals surface area contributed by atoms with E-state index in [2.05, 4.69) is 21.3 Å². The minimum Gasteiger partial charge on any atom is -0.481 e. The van der Waals surface area contributed by atoms with Crippen molar-refractivity contribution in [2.45, 2.75) is 270 Å². The summed E-state index contributed by atoms with van der Waals surface area (Å²) in [7, 11) is -27.2. The van der Waals surface area contributed by atoms with Crippen molar-refractivity contribution in [3.63, 3.8) is 0 Å². The number of rotatable bonds is 57. The van der Waals surface area contributed by atoms with E-state index >= 15 is 0 Å². The van der Waals surface area contributed by atoms with Crippen LogP contribution in [0.1, 0.15) is 238 Å². The lowest BCUT2D eigenvalue weighted by atomic mass is 9.35. The van der Waals surface area contributed by atoms with Crippen LogP contribution in [0.4, 0.5) is 11.4 Å². The molecular formula is C91H125N6O35P2S4+. The Hall–Kier alpha value is -9.92. The lowest BCUT2D eigenvalue weighted by Crippen LogP contribution is -2.69. The fourth-order valence-corrected chi connectivity index (χ4v) is 27.1. The fraction of sp³-hybridized carbons (Fsp3) is 0.582. The number of aliphatic carboxylic acids is 7. The molecule has 0 aromatic heterocycles. The van der Waals surface area contributed by atoms with Gasteiger partial charge in [0.1, 0.15) is 30.1 Å². The second-order valence-electron chi connectivity index (χ2n) is 38.8. The highest BCUT2D eigenvalue weighted by molar-refractivity contribution is 7.86. The topological polar surface area (TPSA) is 685 Å². The molecule has 0 radical (unpaired) electrons. The van der Waals surface area contributed by atoms with Gasteiger partial charge in [-0.25, -0.2) is 9.59 Å². The van der Waals surface area contributed by atoms with Crippen molar-refractivity contribution < 1.29 is 169 Å². The van der Waals surface area contributed by atoms with Gasteiger partial charge in [-0.05, 0) is 255 Å². The second kappa shape index (κ2) is 45.8. The largest absolute Gasteiger partial charge is 0.481 e. The Balaban J connectivity index is 0.881. The molecule has 4 bridgehead atoms. The summed E-state index contributed by atoms with van der Waals surface area (Å²) in [5.74, 6) is -15.6. The molecule has 2 aliphatic heterocycles. The number of hydrogen-bond acceptors (Lipinski definition) is 23. The first-order valence-corrected chi connectivity index (χ1v) is 55.6. The van der Waals surface area contributed by atoms with Gasteiger partial charge in [0.15, 0.2) is 5.71 Å². The maximum absolute atomic E-state index is 14.5. The number of nitrogens with one attached hydrogen (secondary N) is 4. The summed E-state index contributed by atoms with van der Waals surface area (Å²) in [5.41, 5.74) is -0.821. The highest BCUT2D eigenvalue weighted by Gasteiger charge is 2.68. The van der Waals surface area contributed by atoms with Crippen molar-refractivity contribution in [1.29, 1.82) is 0 Å². The summed E-state index contributed by atoms with van der Waals surface area (Å²) in [6.45, 7) is 8.27. The zero-order chi connectivity index (χ0) is 102. The van der Waals surface area contributed by atoms with Crippen LogP contribution in [0, 0.1) is 28.1 Å². The first-order chi connectivity index (χ1) is 64.1. The molecule has 2 heterocycles. The molecule has 47 heteroatoms. The highest BCUT2D eigenvalue weighted by Crippen LogP contribution is 2.74. The highest BCUT2D eigenvalue weighted by atomic mass is 32.2. The van der Waals surface area contributed by atoms with Crippen LogP contribution >= 0.6 is 14.7 Å². The predicted octanol–water partition coefficient (Wildman–Crippen LogP) is 10.6.